The summed E-state index contributed by atoms with van der Waals surface area (Å²) in [4.78, 5) is 52.8. The van der Waals surface area contributed by atoms with Crippen LogP contribution in [0.2, 0.25) is 0 Å². The average molecular weight is 903 g/mol. The Bertz CT molecular complexity index is 2290. The monoisotopic (exact) mass is 903 g/mol. The zero-order valence-electron chi connectivity index (χ0n) is 40.1. The number of rotatable bonds is 18. The van der Waals surface area contributed by atoms with Crippen molar-refractivity contribution in [3.8, 4) is 16.9 Å². The molecule has 4 aromatic carbocycles. The van der Waals surface area contributed by atoms with Gasteiger partial charge >= 0.3 is 6.09 Å². The van der Waals surface area contributed by atoms with Crippen LogP contribution in [0.15, 0.2) is 97.1 Å². The molecule has 2 bridgehead atoms. The summed E-state index contributed by atoms with van der Waals surface area (Å²) in [5, 5.41) is 22.0. The molecule has 1 heterocycles. The standard InChI is InChI=1S/C53H70N6O7/c1-33-44-27-40(53(44,3)4)28-45(33)56-51(62)48-47(34(2)65-52(63)54-29-36-19-14-11-15-20-36)46(32-60)66-59(48)30-37-21-16-22-43(49(37)64-9)38-24-39(26-42(25-38)58(7)8)50(61)55-41(31-57(5)6)23-35-17-12-10-13-18-35/h10-22,24-26,33-34,40-41,44-48,60H,23,27-32H2,1-9H3,(H,54,63)(H,55,61)(H,56,62)/t33-,34-,40-,41-,44-,45-,46-,47+,48-/m0/s1. The minimum absolute atomic E-state index is 0.0277. The Morgan fingerprint density at radius 1 is 0.924 bits per heavy atom. The van der Waals surface area contributed by atoms with Crippen molar-refractivity contribution in [1.82, 2.24) is 25.9 Å². The van der Waals surface area contributed by atoms with E-state index < -0.39 is 36.9 Å². The number of carbonyl (C=O) groups excluding carboxylic acids is 3. The van der Waals surface area contributed by atoms with Crippen molar-refractivity contribution >= 4 is 23.6 Å². The number of hydrogen-bond acceptors (Lipinski definition) is 10. The summed E-state index contributed by atoms with van der Waals surface area (Å²) in [6, 6.07) is 30.2. The molecule has 66 heavy (non-hydrogen) atoms. The van der Waals surface area contributed by atoms with E-state index in [1.165, 1.54) is 6.42 Å². The number of hydroxylamine groups is 2. The number of anilines is 1. The summed E-state index contributed by atoms with van der Waals surface area (Å²) in [5.41, 5.74) is 5.89. The molecule has 8 rings (SSSR count). The number of aliphatic hydroxyl groups is 1. The van der Waals surface area contributed by atoms with E-state index in [1.807, 2.05) is 118 Å². The van der Waals surface area contributed by atoms with Crippen molar-refractivity contribution in [3.63, 3.8) is 0 Å². The number of ether oxygens (including phenoxy) is 2. The molecule has 4 aliphatic rings. The van der Waals surface area contributed by atoms with Gasteiger partial charge in [-0.15, -0.1) is 0 Å². The summed E-state index contributed by atoms with van der Waals surface area (Å²) < 4.78 is 12.2. The summed E-state index contributed by atoms with van der Waals surface area (Å²) in [6.45, 7) is 9.30. The van der Waals surface area contributed by atoms with Crippen molar-refractivity contribution in [2.75, 3.05) is 53.4 Å². The SMILES string of the molecule is COc1c(CN2O[C@@H](CO)[C@@H]([C@H](C)OC(=O)NCc3ccccc3)[C@H]2C(=O)N[C@H]2C[C@@H]3C[C@@H]([C@@H]2C)C3(C)C)cccc1-c1cc(C(=O)N[C@@H](Cc2ccccc2)CN(C)C)cc(N(C)C)c1. The second kappa shape index (κ2) is 21.0. The van der Waals surface area contributed by atoms with Gasteiger partial charge in [-0.25, -0.2) is 4.79 Å². The number of fused-ring (bicyclic) bond motifs is 2. The van der Waals surface area contributed by atoms with Crippen LogP contribution in [-0.4, -0.2) is 112 Å². The molecule has 0 unspecified atom stereocenters. The van der Waals surface area contributed by atoms with Gasteiger partial charge in [0.15, 0.2) is 0 Å². The average Bonchev–Trinajstić information content (AvgIpc) is 3.67. The molecule has 1 saturated heterocycles. The number of nitrogens with one attached hydrogen (secondary N) is 3. The topological polar surface area (TPSA) is 145 Å². The first-order chi connectivity index (χ1) is 31.6. The van der Waals surface area contributed by atoms with Crippen molar-refractivity contribution < 1.29 is 33.8 Å². The highest BCUT2D eigenvalue weighted by atomic mass is 16.7. The van der Waals surface area contributed by atoms with Crippen LogP contribution in [0.3, 0.4) is 0 Å². The Morgan fingerprint density at radius 3 is 2.24 bits per heavy atom. The van der Waals surface area contributed by atoms with Crippen molar-refractivity contribution in [1.29, 1.82) is 0 Å². The van der Waals surface area contributed by atoms with Gasteiger partial charge in [0.2, 0.25) is 5.91 Å². The molecule has 0 radical (unpaired) electrons. The molecule has 4 aromatic rings. The van der Waals surface area contributed by atoms with Crippen molar-refractivity contribution in [2.24, 2.45) is 29.1 Å². The fraction of sp³-hybridized carbons (Fsp3) is 0.491. The number of methoxy groups -OCH3 is 1. The number of benzene rings is 4. The van der Waals surface area contributed by atoms with E-state index in [1.54, 1.807) is 19.1 Å². The van der Waals surface area contributed by atoms with Crippen LogP contribution < -0.4 is 25.6 Å². The van der Waals surface area contributed by atoms with Gasteiger partial charge in [-0.3, -0.25) is 14.4 Å². The Kier molecular flexibility index (Phi) is 15.4. The highest BCUT2D eigenvalue weighted by Crippen LogP contribution is 2.61. The molecule has 9 atom stereocenters. The number of amides is 3. The number of aliphatic hydroxyl groups excluding tert-OH is 1. The first kappa shape index (κ1) is 48.5. The van der Waals surface area contributed by atoms with Gasteiger partial charge < -0.3 is 40.3 Å². The first-order valence-electron chi connectivity index (χ1n) is 23.4. The molecule has 3 saturated carbocycles. The zero-order valence-corrected chi connectivity index (χ0v) is 40.1. The molecule has 3 aliphatic carbocycles. The zero-order chi connectivity index (χ0) is 47.3. The number of likely N-dealkylation sites (N-methyl/N-ethyl adjacent to an activating group) is 1. The maximum Gasteiger partial charge on any atom is 0.407 e. The van der Waals surface area contributed by atoms with E-state index in [2.05, 4.69) is 53.8 Å². The van der Waals surface area contributed by atoms with Crippen LogP contribution >= 0.6 is 0 Å². The summed E-state index contributed by atoms with van der Waals surface area (Å²) in [7, 11) is 9.50. The maximum atomic E-state index is 14.9. The third-order valence-electron chi connectivity index (χ3n) is 14.5. The van der Waals surface area contributed by atoms with Crippen LogP contribution in [-0.2, 0) is 33.9 Å². The van der Waals surface area contributed by atoms with Crippen LogP contribution in [0, 0.1) is 29.1 Å². The number of nitrogens with zero attached hydrogens (tertiary/aromatic N) is 3. The highest BCUT2D eigenvalue weighted by Gasteiger charge is 2.57. The molecule has 0 spiro atoms. The Hall–Kier alpha value is -5.47. The lowest BCUT2D eigenvalue weighted by Gasteiger charge is -2.62. The Balaban J connectivity index is 1.17. The number of alkyl carbamates (subject to hydrolysis) is 1. The van der Waals surface area contributed by atoms with Gasteiger partial charge in [-0.1, -0.05) is 99.6 Å². The third kappa shape index (κ3) is 10.9. The second-order valence-electron chi connectivity index (χ2n) is 19.7. The van der Waals surface area contributed by atoms with E-state index in [-0.39, 0.29) is 48.3 Å². The van der Waals surface area contributed by atoms with Gasteiger partial charge in [0.25, 0.3) is 5.91 Å². The van der Waals surface area contributed by atoms with Gasteiger partial charge in [0.1, 0.15) is 24.0 Å². The summed E-state index contributed by atoms with van der Waals surface area (Å²) >= 11 is 0. The lowest BCUT2D eigenvalue weighted by Crippen LogP contribution is -2.62. The molecule has 13 nitrogen and oxygen atoms in total. The van der Waals surface area contributed by atoms with Gasteiger partial charge in [0.05, 0.1) is 26.2 Å². The minimum atomic E-state index is -0.927. The fourth-order valence-corrected chi connectivity index (χ4v) is 10.8. The summed E-state index contributed by atoms with van der Waals surface area (Å²) in [6.07, 6.45) is 0.447. The largest absolute Gasteiger partial charge is 0.496 e. The molecule has 1 aliphatic heterocycles. The first-order valence-corrected chi connectivity index (χ1v) is 23.4. The predicted octanol–water partition coefficient (Wildman–Crippen LogP) is 6.93. The molecule has 354 valence electrons. The van der Waals surface area contributed by atoms with Crippen molar-refractivity contribution in [3.05, 3.63) is 119 Å². The predicted molar refractivity (Wildman–Crippen MR) is 258 cm³/mol. The number of para-hydroxylation sites is 1. The highest BCUT2D eigenvalue weighted by molar-refractivity contribution is 5.97. The summed E-state index contributed by atoms with van der Waals surface area (Å²) in [5.74, 6) is 0.718. The van der Waals surface area contributed by atoms with E-state index in [0.29, 0.717) is 36.1 Å². The van der Waals surface area contributed by atoms with Crippen molar-refractivity contribution in [2.45, 2.75) is 90.4 Å². The lowest BCUT2D eigenvalue weighted by atomic mass is 9.45. The van der Waals surface area contributed by atoms with Crippen LogP contribution in [0.25, 0.3) is 11.1 Å². The van der Waals surface area contributed by atoms with E-state index in [4.69, 9.17) is 14.3 Å². The molecule has 0 aromatic heterocycles. The number of carbonyl (C=O) groups is 3. The Morgan fingerprint density at radius 2 is 1.62 bits per heavy atom. The van der Waals surface area contributed by atoms with Crippen LogP contribution in [0.5, 0.6) is 5.75 Å². The molecule has 13 heteroatoms. The molecular formula is C53H70N6O7. The van der Waals surface area contributed by atoms with Gasteiger partial charge in [0, 0.05) is 61.6 Å². The Labute approximate surface area is 391 Å². The number of hydrogen-bond donors (Lipinski definition) is 4. The molecular weight excluding hydrogens is 833 g/mol. The maximum absolute atomic E-state index is 14.9. The van der Waals surface area contributed by atoms with Gasteiger partial charge in [-0.05, 0) is 98.3 Å². The second-order valence-corrected chi connectivity index (χ2v) is 19.7. The van der Waals surface area contributed by atoms with E-state index in [0.717, 1.165) is 39.9 Å². The van der Waals surface area contributed by atoms with Crippen LogP contribution in [0.1, 0.15) is 67.6 Å². The third-order valence-corrected chi connectivity index (χ3v) is 14.5. The van der Waals surface area contributed by atoms with Crippen LogP contribution in [0.4, 0.5) is 10.5 Å². The smallest absolute Gasteiger partial charge is 0.407 e. The fourth-order valence-electron chi connectivity index (χ4n) is 10.8. The van der Waals surface area contributed by atoms with E-state index >= 15 is 0 Å². The molecule has 4 N–H and O–H groups in total. The normalized spacial score (nSPS) is 24.1. The quantitative estimate of drug-likeness (QED) is 0.0831. The van der Waals surface area contributed by atoms with Gasteiger partial charge in [-0.2, -0.15) is 5.06 Å². The molecule has 4 fully saturated rings. The molecule has 3 amide bonds. The minimum Gasteiger partial charge on any atom is -0.496 e. The lowest BCUT2D eigenvalue weighted by molar-refractivity contribution is -0.183. The van der Waals surface area contributed by atoms with E-state index in [9.17, 15) is 19.5 Å².